The van der Waals surface area contributed by atoms with Crippen LogP contribution in [0.15, 0.2) is 4.99 Å². The van der Waals surface area contributed by atoms with Crippen molar-refractivity contribution in [3.63, 3.8) is 0 Å². The van der Waals surface area contributed by atoms with Crippen molar-refractivity contribution in [1.29, 1.82) is 0 Å². The molecule has 0 aliphatic heterocycles. The van der Waals surface area contributed by atoms with Gasteiger partial charge in [-0.3, -0.25) is 4.99 Å². The van der Waals surface area contributed by atoms with Crippen LogP contribution in [-0.2, 0) is 0 Å². The number of rotatable bonds is 5. The van der Waals surface area contributed by atoms with Crippen LogP contribution in [0.3, 0.4) is 0 Å². The van der Waals surface area contributed by atoms with E-state index in [-0.39, 0.29) is 5.54 Å². The van der Waals surface area contributed by atoms with Gasteiger partial charge in [0.25, 0.3) is 0 Å². The highest BCUT2D eigenvalue weighted by Gasteiger charge is 2.38. The fourth-order valence-electron chi connectivity index (χ4n) is 1.87. The molecule has 0 aromatic heterocycles. The van der Waals surface area contributed by atoms with E-state index in [1.54, 1.807) is 0 Å². The lowest BCUT2D eigenvalue weighted by atomic mass is 9.76. The summed E-state index contributed by atoms with van der Waals surface area (Å²) >= 11 is 0. The van der Waals surface area contributed by atoms with Gasteiger partial charge in [-0.1, -0.05) is 6.92 Å². The van der Waals surface area contributed by atoms with Gasteiger partial charge in [0, 0.05) is 12.1 Å². The number of likely N-dealkylation sites (N-methyl/N-ethyl adjacent to an activating group) is 1. The Balaban J connectivity index is 2.39. The predicted octanol–water partition coefficient (Wildman–Crippen LogP) is 0.785. The first-order valence-electron chi connectivity index (χ1n) is 5.82. The Morgan fingerprint density at radius 1 is 1.47 bits per heavy atom. The second-order valence-corrected chi connectivity index (χ2v) is 4.60. The summed E-state index contributed by atoms with van der Waals surface area (Å²) in [6.07, 6.45) is 4.88. The van der Waals surface area contributed by atoms with Crippen LogP contribution in [0.25, 0.3) is 0 Å². The predicted molar refractivity (Wildman–Crippen MR) is 65.1 cm³/mol. The van der Waals surface area contributed by atoms with E-state index in [1.165, 1.54) is 19.3 Å². The van der Waals surface area contributed by atoms with Gasteiger partial charge in [0.05, 0.1) is 6.54 Å². The molecule has 0 amide bonds. The van der Waals surface area contributed by atoms with Crippen molar-refractivity contribution >= 4 is 5.96 Å². The molecule has 0 heterocycles. The first-order chi connectivity index (χ1) is 7.10. The van der Waals surface area contributed by atoms with Gasteiger partial charge in [0.1, 0.15) is 0 Å². The molecule has 0 saturated heterocycles. The van der Waals surface area contributed by atoms with Crippen LogP contribution in [-0.4, -0.2) is 43.6 Å². The van der Waals surface area contributed by atoms with Gasteiger partial charge in [-0.25, -0.2) is 0 Å². The molecule has 4 nitrogen and oxygen atoms in total. The summed E-state index contributed by atoms with van der Waals surface area (Å²) in [7, 11) is 4.26. The van der Waals surface area contributed by atoms with E-state index >= 15 is 0 Å². The highest BCUT2D eigenvalue weighted by atomic mass is 15.2. The fourth-order valence-corrected chi connectivity index (χ4v) is 1.87. The molecule has 0 bridgehead atoms. The molecule has 1 aliphatic carbocycles. The van der Waals surface area contributed by atoms with E-state index in [1.807, 2.05) is 0 Å². The molecule has 4 heteroatoms. The number of nitrogens with zero attached hydrogens (tertiary/aromatic N) is 2. The van der Waals surface area contributed by atoms with Crippen molar-refractivity contribution in [2.75, 3.05) is 27.2 Å². The molecule has 0 aromatic rings. The van der Waals surface area contributed by atoms with E-state index in [9.17, 15) is 0 Å². The number of aliphatic imine (C=N–C) groups is 1. The smallest absolute Gasteiger partial charge is 0.188 e. The Morgan fingerprint density at radius 2 is 2.13 bits per heavy atom. The number of hydrogen-bond donors (Lipinski definition) is 2. The highest BCUT2D eigenvalue weighted by molar-refractivity contribution is 5.77. The third-order valence-corrected chi connectivity index (χ3v) is 3.33. The van der Waals surface area contributed by atoms with Crippen LogP contribution in [0.4, 0.5) is 0 Å². The zero-order valence-electron chi connectivity index (χ0n) is 10.2. The summed E-state index contributed by atoms with van der Waals surface area (Å²) < 4.78 is 0. The summed E-state index contributed by atoms with van der Waals surface area (Å²) in [6, 6.07) is 0. The Hall–Kier alpha value is -0.770. The van der Waals surface area contributed by atoms with Crippen LogP contribution in [0, 0.1) is 0 Å². The molecule has 3 N–H and O–H groups in total. The van der Waals surface area contributed by atoms with Gasteiger partial charge >= 0.3 is 0 Å². The minimum Gasteiger partial charge on any atom is -0.370 e. The second kappa shape index (κ2) is 5.35. The zero-order chi connectivity index (χ0) is 11.3. The summed E-state index contributed by atoms with van der Waals surface area (Å²) in [4.78, 5) is 6.70. The summed E-state index contributed by atoms with van der Waals surface area (Å²) in [5.41, 5.74) is 6.04. The van der Waals surface area contributed by atoms with Crippen LogP contribution in [0.1, 0.15) is 32.6 Å². The maximum absolute atomic E-state index is 5.77. The van der Waals surface area contributed by atoms with Crippen molar-refractivity contribution in [3.05, 3.63) is 0 Å². The monoisotopic (exact) mass is 212 g/mol. The van der Waals surface area contributed by atoms with Crippen LogP contribution in [0.5, 0.6) is 0 Å². The van der Waals surface area contributed by atoms with E-state index in [0.29, 0.717) is 5.96 Å². The lowest BCUT2D eigenvalue weighted by Crippen LogP contribution is -2.53. The van der Waals surface area contributed by atoms with Crippen molar-refractivity contribution in [2.45, 2.75) is 38.1 Å². The normalized spacial score (nSPS) is 20.1. The third-order valence-electron chi connectivity index (χ3n) is 3.33. The van der Waals surface area contributed by atoms with E-state index in [2.05, 4.69) is 36.2 Å². The van der Waals surface area contributed by atoms with Crippen LogP contribution < -0.4 is 11.1 Å². The average molecular weight is 212 g/mol. The molecular formula is C11H24N4. The van der Waals surface area contributed by atoms with Crippen molar-refractivity contribution in [2.24, 2.45) is 10.7 Å². The van der Waals surface area contributed by atoms with Gasteiger partial charge in [-0.15, -0.1) is 0 Å². The number of nitrogens with two attached hydrogens (primary N) is 1. The molecule has 0 radical (unpaired) electrons. The maximum atomic E-state index is 5.77. The zero-order valence-corrected chi connectivity index (χ0v) is 10.2. The quantitative estimate of drug-likeness (QED) is 0.523. The Bertz CT molecular complexity index is 219. The Morgan fingerprint density at radius 3 is 2.53 bits per heavy atom. The highest BCUT2D eigenvalue weighted by Crippen LogP contribution is 2.36. The largest absolute Gasteiger partial charge is 0.370 e. The van der Waals surface area contributed by atoms with Crippen molar-refractivity contribution < 1.29 is 0 Å². The molecule has 15 heavy (non-hydrogen) atoms. The van der Waals surface area contributed by atoms with Gasteiger partial charge in [0.15, 0.2) is 5.96 Å². The second-order valence-electron chi connectivity index (χ2n) is 4.60. The average Bonchev–Trinajstić information content (AvgIpc) is 2.12. The first kappa shape index (κ1) is 12.3. The topological polar surface area (TPSA) is 53.6 Å². The van der Waals surface area contributed by atoms with Crippen molar-refractivity contribution in [3.8, 4) is 0 Å². The summed E-state index contributed by atoms with van der Waals surface area (Å²) in [5, 5.41) is 3.10. The first-order valence-corrected chi connectivity index (χ1v) is 5.82. The Kier molecular flexibility index (Phi) is 4.39. The maximum Gasteiger partial charge on any atom is 0.188 e. The summed E-state index contributed by atoms with van der Waals surface area (Å²) in [5.74, 6) is 0.588. The molecule has 1 saturated carbocycles. The van der Waals surface area contributed by atoms with Crippen LogP contribution >= 0.6 is 0 Å². The van der Waals surface area contributed by atoms with E-state index in [4.69, 9.17) is 5.73 Å². The number of guanidine groups is 1. The van der Waals surface area contributed by atoms with E-state index in [0.717, 1.165) is 19.5 Å². The standard InChI is InChI=1S/C11H24N4/c1-4-8-13-10(12)14-9-11(15(2)3)6-5-7-11/h4-9H2,1-3H3,(H3,12,13,14). The molecule has 0 atom stereocenters. The lowest BCUT2D eigenvalue weighted by molar-refractivity contribution is 0.0699. The lowest BCUT2D eigenvalue weighted by Gasteiger charge is -2.46. The minimum atomic E-state index is 0.276. The van der Waals surface area contributed by atoms with E-state index < -0.39 is 0 Å². The molecule has 0 aromatic carbocycles. The molecule has 0 spiro atoms. The number of hydrogen-bond acceptors (Lipinski definition) is 2. The molecule has 1 aliphatic rings. The molecule has 0 unspecified atom stereocenters. The molecule has 88 valence electrons. The van der Waals surface area contributed by atoms with Gasteiger partial charge in [-0.2, -0.15) is 0 Å². The minimum absolute atomic E-state index is 0.276. The van der Waals surface area contributed by atoms with Gasteiger partial charge in [-0.05, 0) is 39.8 Å². The molecular weight excluding hydrogens is 188 g/mol. The SMILES string of the molecule is CCCNC(N)=NCC1(N(C)C)CCC1. The third kappa shape index (κ3) is 3.09. The molecule has 1 fully saturated rings. The fraction of sp³-hybridized carbons (Fsp3) is 0.909. The van der Waals surface area contributed by atoms with Crippen molar-refractivity contribution in [1.82, 2.24) is 10.2 Å². The Labute approximate surface area is 92.9 Å². The number of nitrogens with one attached hydrogen (secondary N) is 1. The van der Waals surface area contributed by atoms with Gasteiger partial charge < -0.3 is 16.0 Å². The van der Waals surface area contributed by atoms with Gasteiger partial charge in [0.2, 0.25) is 0 Å². The summed E-state index contributed by atoms with van der Waals surface area (Å²) in [6.45, 7) is 3.85. The van der Waals surface area contributed by atoms with Crippen LogP contribution in [0.2, 0.25) is 0 Å². The molecule has 1 rings (SSSR count).